The van der Waals surface area contributed by atoms with Crippen LogP contribution in [0.3, 0.4) is 0 Å². The summed E-state index contributed by atoms with van der Waals surface area (Å²) in [7, 11) is 0. The van der Waals surface area contributed by atoms with Crippen molar-refractivity contribution in [2.24, 2.45) is 23.7 Å². The normalized spacial score (nSPS) is 31.1. The first-order valence-electron chi connectivity index (χ1n) is 13.4. The Morgan fingerprint density at radius 1 is 0.972 bits per heavy atom. The first-order chi connectivity index (χ1) is 17.3. The Labute approximate surface area is 212 Å². The Balaban J connectivity index is 1.25. The van der Waals surface area contributed by atoms with E-state index in [0.717, 1.165) is 23.8 Å². The fourth-order valence-electron chi connectivity index (χ4n) is 7.47. The number of amides is 3. The van der Waals surface area contributed by atoms with Crippen molar-refractivity contribution in [1.29, 1.82) is 0 Å². The van der Waals surface area contributed by atoms with Gasteiger partial charge in [0, 0.05) is 32.9 Å². The lowest BCUT2D eigenvalue weighted by Gasteiger charge is -2.54. The standard InChI is InChI=1S/C28H37N3O5/c1-16(32)29-24(15-18-5-7-23(8-6-18)36-17(2)33)28(35)31-9-3-4-25(31)27(34)30-26-21-11-19-10-20(13-21)14-22(26)12-19/h5-8,19-22,24-26H,3-4,9-15H2,1-2H3,(H,29,32)(H,30,34)/t19?,20?,21?,22?,24-,25+,26?/m0/s1. The van der Waals surface area contributed by atoms with E-state index in [1.54, 1.807) is 29.2 Å². The van der Waals surface area contributed by atoms with Gasteiger partial charge in [0.1, 0.15) is 17.8 Å². The summed E-state index contributed by atoms with van der Waals surface area (Å²) in [5, 5.41) is 6.17. The number of rotatable bonds is 7. The predicted molar refractivity (Wildman–Crippen MR) is 133 cm³/mol. The van der Waals surface area contributed by atoms with E-state index in [4.69, 9.17) is 4.74 Å². The lowest BCUT2D eigenvalue weighted by molar-refractivity contribution is -0.142. The monoisotopic (exact) mass is 495 g/mol. The molecule has 0 radical (unpaired) electrons. The van der Waals surface area contributed by atoms with Gasteiger partial charge in [0.15, 0.2) is 0 Å². The van der Waals surface area contributed by atoms with E-state index in [2.05, 4.69) is 10.6 Å². The molecular formula is C28H37N3O5. The number of carbonyl (C=O) groups excluding carboxylic acids is 4. The summed E-state index contributed by atoms with van der Waals surface area (Å²) < 4.78 is 5.08. The maximum absolute atomic E-state index is 13.6. The molecule has 8 nitrogen and oxygen atoms in total. The average Bonchev–Trinajstić information content (AvgIpc) is 3.31. The van der Waals surface area contributed by atoms with Gasteiger partial charge in [0.05, 0.1) is 0 Å². The van der Waals surface area contributed by atoms with E-state index in [0.29, 0.717) is 37.0 Å². The number of ether oxygens (including phenoxy) is 1. The van der Waals surface area contributed by atoms with Crippen molar-refractivity contribution in [2.75, 3.05) is 6.54 Å². The van der Waals surface area contributed by atoms with Gasteiger partial charge >= 0.3 is 5.97 Å². The lowest BCUT2D eigenvalue weighted by atomic mass is 9.54. The fraction of sp³-hybridized carbons (Fsp3) is 0.643. The van der Waals surface area contributed by atoms with Crippen LogP contribution in [0, 0.1) is 23.7 Å². The molecule has 5 fully saturated rings. The SMILES string of the molecule is CC(=O)N[C@@H](Cc1ccc(OC(C)=O)cc1)C(=O)N1CCC[C@@H]1C(=O)NC1C2CC3CC(C2)CC1C3. The molecule has 1 heterocycles. The highest BCUT2D eigenvalue weighted by atomic mass is 16.5. The van der Waals surface area contributed by atoms with Crippen molar-refractivity contribution < 1.29 is 23.9 Å². The van der Waals surface area contributed by atoms with E-state index in [9.17, 15) is 19.2 Å². The van der Waals surface area contributed by atoms with Crippen molar-refractivity contribution in [1.82, 2.24) is 15.5 Å². The molecule has 36 heavy (non-hydrogen) atoms. The van der Waals surface area contributed by atoms with Gasteiger partial charge < -0.3 is 20.3 Å². The smallest absolute Gasteiger partial charge is 0.308 e. The Bertz CT molecular complexity index is 995. The number of benzene rings is 1. The molecule has 1 aromatic carbocycles. The molecule has 1 aliphatic heterocycles. The van der Waals surface area contributed by atoms with E-state index in [-0.39, 0.29) is 23.8 Å². The largest absolute Gasteiger partial charge is 0.427 e. The number of likely N-dealkylation sites (tertiary alicyclic amines) is 1. The highest BCUT2D eigenvalue weighted by molar-refractivity contribution is 5.92. The molecule has 3 amide bonds. The number of hydrogen-bond donors (Lipinski definition) is 2. The zero-order chi connectivity index (χ0) is 25.4. The van der Waals surface area contributed by atoms with Crippen LogP contribution in [0.15, 0.2) is 24.3 Å². The van der Waals surface area contributed by atoms with Crippen LogP contribution in [-0.4, -0.2) is 53.3 Å². The summed E-state index contributed by atoms with van der Waals surface area (Å²) in [5.74, 6) is 2.31. The van der Waals surface area contributed by atoms with Crippen molar-refractivity contribution in [3.63, 3.8) is 0 Å². The summed E-state index contributed by atoms with van der Waals surface area (Å²) in [6.07, 6.45) is 8.00. The number of nitrogens with zero attached hydrogens (tertiary/aromatic N) is 1. The second kappa shape index (κ2) is 10.2. The highest BCUT2D eigenvalue weighted by Gasteiger charge is 2.49. The van der Waals surface area contributed by atoms with Crippen LogP contribution < -0.4 is 15.4 Å². The number of nitrogens with one attached hydrogen (secondary N) is 2. The molecule has 1 saturated heterocycles. The molecule has 4 bridgehead atoms. The second-order valence-corrected chi connectivity index (χ2v) is 11.3. The van der Waals surface area contributed by atoms with Crippen LogP contribution in [0.25, 0.3) is 0 Å². The first-order valence-corrected chi connectivity index (χ1v) is 13.4. The lowest BCUT2D eigenvalue weighted by Crippen LogP contribution is -2.59. The maximum atomic E-state index is 13.6. The number of esters is 1. The molecule has 8 heteroatoms. The number of carbonyl (C=O) groups is 4. The van der Waals surface area contributed by atoms with Gasteiger partial charge in [-0.3, -0.25) is 19.2 Å². The average molecular weight is 496 g/mol. The first kappa shape index (κ1) is 24.8. The van der Waals surface area contributed by atoms with E-state index >= 15 is 0 Å². The Kier molecular flexibility index (Phi) is 7.04. The summed E-state index contributed by atoms with van der Waals surface area (Å²) in [5.41, 5.74) is 0.826. The van der Waals surface area contributed by atoms with Gasteiger partial charge in [-0.05, 0) is 86.3 Å². The van der Waals surface area contributed by atoms with Crippen LogP contribution in [0.4, 0.5) is 0 Å². The minimum atomic E-state index is -0.767. The minimum absolute atomic E-state index is 0.0365. The Hall–Kier alpha value is -2.90. The highest BCUT2D eigenvalue weighted by Crippen LogP contribution is 2.53. The van der Waals surface area contributed by atoms with Crippen LogP contribution >= 0.6 is 0 Å². The Morgan fingerprint density at radius 3 is 2.19 bits per heavy atom. The molecule has 4 saturated carbocycles. The van der Waals surface area contributed by atoms with Crippen LogP contribution in [0.1, 0.15) is 64.4 Å². The summed E-state index contributed by atoms with van der Waals surface area (Å²) in [6, 6.07) is 5.88. The molecule has 0 aromatic heterocycles. The van der Waals surface area contributed by atoms with E-state index in [1.165, 1.54) is 46.0 Å². The fourth-order valence-corrected chi connectivity index (χ4v) is 7.47. The topological polar surface area (TPSA) is 105 Å². The third kappa shape index (κ3) is 5.27. The quantitative estimate of drug-likeness (QED) is 0.447. The van der Waals surface area contributed by atoms with E-state index in [1.807, 2.05) is 0 Å². The zero-order valence-corrected chi connectivity index (χ0v) is 21.2. The van der Waals surface area contributed by atoms with Crippen molar-refractivity contribution in [3.05, 3.63) is 29.8 Å². The summed E-state index contributed by atoms with van der Waals surface area (Å²) >= 11 is 0. The van der Waals surface area contributed by atoms with Gasteiger partial charge in [-0.1, -0.05) is 12.1 Å². The molecule has 0 unspecified atom stereocenters. The molecule has 6 rings (SSSR count). The van der Waals surface area contributed by atoms with E-state index < -0.39 is 18.1 Å². The van der Waals surface area contributed by atoms with Gasteiger partial charge in [-0.25, -0.2) is 0 Å². The minimum Gasteiger partial charge on any atom is -0.427 e. The third-order valence-electron chi connectivity index (χ3n) is 8.67. The molecule has 2 N–H and O–H groups in total. The van der Waals surface area contributed by atoms with Crippen LogP contribution in [0.2, 0.25) is 0 Å². The molecule has 0 spiro atoms. The van der Waals surface area contributed by atoms with Gasteiger partial charge in [0.2, 0.25) is 17.7 Å². The molecule has 4 aliphatic carbocycles. The molecular weight excluding hydrogens is 458 g/mol. The molecule has 194 valence electrons. The van der Waals surface area contributed by atoms with Gasteiger partial charge in [-0.2, -0.15) is 0 Å². The van der Waals surface area contributed by atoms with Crippen molar-refractivity contribution >= 4 is 23.7 Å². The molecule has 5 aliphatic rings. The third-order valence-corrected chi connectivity index (χ3v) is 8.67. The predicted octanol–water partition coefficient (Wildman–Crippen LogP) is 2.59. The second-order valence-electron chi connectivity index (χ2n) is 11.3. The number of hydrogen-bond acceptors (Lipinski definition) is 5. The summed E-state index contributed by atoms with van der Waals surface area (Å²) in [4.78, 5) is 51.8. The maximum Gasteiger partial charge on any atom is 0.308 e. The van der Waals surface area contributed by atoms with Crippen molar-refractivity contribution in [3.8, 4) is 5.75 Å². The Morgan fingerprint density at radius 2 is 1.61 bits per heavy atom. The van der Waals surface area contributed by atoms with Gasteiger partial charge in [-0.15, -0.1) is 0 Å². The zero-order valence-electron chi connectivity index (χ0n) is 21.2. The van der Waals surface area contributed by atoms with Crippen LogP contribution in [0.5, 0.6) is 5.75 Å². The van der Waals surface area contributed by atoms with Crippen LogP contribution in [-0.2, 0) is 25.6 Å². The molecule has 1 aromatic rings. The summed E-state index contributed by atoms with van der Waals surface area (Å²) in [6.45, 7) is 3.25. The van der Waals surface area contributed by atoms with Crippen molar-refractivity contribution in [2.45, 2.75) is 83.3 Å². The molecule has 2 atom stereocenters. The van der Waals surface area contributed by atoms with Gasteiger partial charge in [0.25, 0.3) is 0 Å².